The molecule has 9 heteroatoms. The molecule has 0 aromatic heterocycles. The summed E-state index contributed by atoms with van der Waals surface area (Å²) in [5, 5.41) is 6.19. The van der Waals surface area contributed by atoms with E-state index in [0.29, 0.717) is 38.0 Å². The molecule has 0 saturated carbocycles. The quantitative estimate of drug-likeness (QED) is 0.771. The summed E-state index contributed by atoms with van der Waals surface area (Å²) in [5.41, 5.74) is 0.457. The summed E-state index contributed by atoms with van der Waals surface area (Å²) >= 11 is 0. The van der Waals surface area contributed by atoms with Gasteiger partial charge in [0.25, 0.3) is 0 Å². The lowest BCUT2D eigenvalue weighted by Crippen LogP contribution is -2.41. The molecule has 150 valence electrons. The zero-order chi connectivity index (χ0) is 19.4. The van der Waals surface area contributed by atoms with Crippen molar-refractivity contribution >= 4 is 21.6 Å². The predicted octanol–water partition coefficient (Wildman–Crippen LogP) is 1.04. The van der Waals surface area contributed by atoms with E-state index in [9.17, 15) is 13.2 Å². The lowest BCUT2D eigenvalue weighted by Gasteiger charge is -2.28. The van der Waals surface area contributed by atoms with Gasteiger partial charge in [-0.2, -0.15) is 4.31 Å². The maximum absolute atomic E-state index is 13.0. The monoisotopic (exact) mass is 397 g/mol. The van der Waals surface area contributed by atoms with Gasteiger partial charge in [-0.05, 0) is 44.5 Å². The van der Waals surface area contributed by atoms with Gasteiger partial charge in [0.15, 0.2) is 0 Å². The van der Waals surface area contributed by atoms with E-state index >= 15 is 0 Å². The third-order valence-corrected chi connectivity index (χ3v) is 6.93. The highest BCUT2D eigenvalue weighted by molar-refractivity contribution is 7.89. The maximum atomic E-state index is 13.0. The fraction of sp³-hybridized carbons (Fsp3) is 0.611. The van der Waals surface area contributed by atoms with Crippen LogP contribution in [0.5, 0.6) is 5.75 Å². The summed E-state index contributed by atoms with van der Waals surface area (Å²) in [6.07, 6.45) is 1.53. The molecular formula is C18H27N3O5S. The van der Waals surface area contributed by atoms with Crippen molar-refractivity contribution in [3.05, 3.63) is 18.2 Å². The Morgan fingerprint density at radius 2 is 2.07 bits per heavy atom. The Morgan fingerprint density at radius 3 is 2.74 bits per heavy atom. The average molecular weight is 397 g/mol. The van der Waals surface area contributed by atoms with Crippen molar-refractivity contribution in [1.29, 1.82) is 0 Å². The Morgan fingerprint density at radius 1 is 1.33 bits per heavy atom. The molecule has 0 spiro atoms. The van der Waals surface area contributed by atoms with E-state index in [1.54, 1.807) is 12.1 Å². The van der Waals surface area contributed by atoms with Crippen LogP contribution >= 0.6 is 0 Å². The lowest BCUT2D eigenvalue weighted by atomic mass is 9.92. The summed E-state index contributed by atoms with van der Waals surface area (Å²) in [6, 6.07) is 5.02. The Hall–Kier alpha value is -1.68. The molecule has 3 rings (SSSR count). The third-order valence-electron chi connectivity index (χ3n) is 5.01. The zero-order valence-electron chi connectivity index (χ0n) is 15.7. The SMILES string of the molecule is COc1ccc(NC(=O)[C@H]2CCN[C@@H](C)C2)cc1S(=O)(=O)N1CCOCC1. The summed E-state index contributed by atoms with van der Waals surface area (Å²) in [6.45, 7) is 4.19. The van der Waals surface area contributed by atoms with Crippen LogP contribution in [0.15, 0.2) is 23.1 Å². The molecular weight excluding hydrogens is 370 g/mol. The number of carbonyl (C=O) groups is 1. The van der Waals surface area contributed by atoms with Gasteiger partial charge in [0, 0.05) is 30.7 Å². The van der Waals surface area contributed by atoms with Crippen LogP contribution in [0.2, 0.25) is 0 Å². The number of anilines is 1. The van der Waals surface area contributed by atoms with E-state index in [4.69, 9.17) is 9.47 Å². The van der Waals surface area contributed by atoms with Crippen molar-refractivity contribution in [2.24, 2.45) is 5.92 Å². The van der Waals surface area contributed by atoms with Crippen molar-refractivity contribution in [3.63, 3.8) is 0 Å². The minimum absolute atomic E-state index is 0.0587. The number of amides is 1. The van der Waals surface area contributed by atoms with E-state index in [1.165, 1.54) is 17.5 Å². The van der Waals surface area contributed by atoms with Crippen molar-refractivity contribution in [2.75, 3.05) is 45.3 Å². The number of nitrogens with zero attached hydrogens (tertiary/aromatic N) is 1. The smallest absolute Gasteiger partial charge is 0.246 e. The molecule has 0 radical (unpaired) electrons. The number of rotatable bonds is 5. The van der Waals surface area contributed by atoms with Crippen LogP contribution in [0.4, 0.5) is 5.69 Å². The predicted molar refractivity (Wildman–Crippen MR) is 101 cm³/mol. The highest BCUT2D eigenvalue weighted by atomic mass is 32.2. The van der Waals surface area contributed by atoms with E-state index in [-0.39, 0.29) is 22.5 Å². The first kappa shape index (κ1) is 20.1. The summed E-state index contributed by atoms with van der Waals surface area (Å²) < 4.78 is 37.9. The number of ether oxygens (including phenoxy) is 2. The molecule has 2 saturated heterocycles. The van der Waals surface area contributed by atoms with Gasteiger partial charge in [-0.1, -0.05) is 0 Å². The molecule has 2 aliphatic heterocycles. The van der Waals surface area contributed by atoms with Crippen LogP contribution in [0.25, 0.3) is 0 Å². The molecule has 0 bridgehead atoms. The number of hydrogen-bond acceptors (Lipinski definition) is 6. The normalized spacial score (nSPS) is 24.4. The van der Waals surface area contributed by atoms with Crippen LogP contribution in [0.3, 0.4) is 0 Å². The summed E-state index contributed by atoms with van der Waals surface area (Å²) in [5.74, 6) is 0.0980. The van der Waals surface area contributed by atoms with Gasteiger partial charge in [0.1, 0.15) is 10.6 Å². The van der Waals surface area contributed by atoms with Crippen LogP contribution in [0.1, 0.15) is 19.8 Å². The molecule has 2 aliphatic rings. The van der Waals surface area contributed by atoms with Gasteiger partial charge >= 0.3 is 0 Å². The molecule has 2 N–H and O–H groups in total. The zero-order valence-corrected chi connectivity index (χ0v) is 16.5. The van der Waals surface area contributed by atoms with Gasteiger partial charge in [-0.25, -0.2) is 8.42 Å². The molecule has 2 atom stereocenters. The number of sulfonamides is 1. The van der Waals surface area contributed by atoms with Crippen molar-refractivity contribution in [3.8, 4) is 5.75 Å². The van der Waals surface area contributed by atoms with Crippen molar-refractivity contribution in [2.45, 2.75) is 30.7 Å². The highest BCUT2D eigenvalue weighted by Crippen LogP contribution is 2.30. The molecule has 2 fully saturated rings. The average Bonchev–Trinajstić information content (AvgIpc) is 2.68. The van der Waals surface area contributed by atoms with Gasteiger partial charge in [-0.15, -0.1) is 0 Å². The first-order valence-corrected chi connectivity index (χ1v) is 10.7. The maximum Gasteiger partial charge on any atom is 0.246 e. The molecule has 1 amide bonds. The number of hydrogen-bond donors (Lipinski definition) is 2. The van der Waals surface area contributed by atoms with Gasteiger partial charge < -0.3 is 20.1 Å². The minimum atomic E-state index is -3.73. The van der Waals surface area contributed by atoms with Crippen molar-refractivity contribution < 1.29 is 22.7 Å². The van der Waals surface area contributed by atoms with Gasteiger partial charge in [-0.3, -0.25) is 4.79 Å². The number of methoxy groups -OCH3 is 1. The first-order chi connectivity index (χ1) is 12.9. The molecule has 1 aromatic carbocycles. The fourth-order valence-electron chi connectivity index (χ4n) is 3.50. The van der Waals surface area contributed by atoms with Crippen LogP contribution in [-0.2, 0) is 19.6 Å². The third kappa shape index (κ3) is 4.60. The van der Waals surface area contributed by atoms with E-state index < -0.39 is 10.0 Å². The molecule has 27 heavy (non-hydrogen) atoms. The van der Waals surface area contributed by atoms with Crippen LogP contribution in [0, 0.1) is 5.92 Å². The van der Waals surface area contributed by atoms with Crippen molar-refractivity contribution in [1.82, 2.24) is 9.62 Å². The van der Waals surface area contributed by atoms with Gasteiger partial charge in [0.05, 0.1) is 20.3 Å². The second-order valence-corrected chi connectivity index (χ2v) is 8.85. The Balaban J connectivity index is 1.81. The summed E-state index contributed by atoms with van der Waals surface area (Å²) in [7, 11) is -2.30. The topological polar surface area (TPSA) is 97.0 Å². The number of carbonyl (C=O) groups excluding carboxylic acids is 1. The second kappa shape index (κ2) is 8.55. The molecule has 8 nitrogen and oxygen atoms in total. The molecule has 1 aromatic rings. The first-order valence-electron chi connectivity index (χ1n) is 9.22. The largest absolute Gasteiger partial charge is 0.495 e. The van der Waals surface area contributed by atoms with E-state index in [2.05, 4.69) is 17.6 Å². The standard InChI is InChI=1S/C18H27N3O5S/c1-13-11-14(5-6-19-13)18(22)20-15-3-4-16(25-2)17(12-15)27(23,24)21-7-9-26-10-8-21/h3-4,12-14,19H,5-11H2,1-2H3,(H,20,22)/t13-,14-/m0/s1. The van der Waals surface area contributed by atoms with E-state index in [0.717, 1.165) is 19.4 Å². The Kier molecular flexibility index (Phi) is 6.36. The molecule has 2 heterocycles. The number of nitrogens with one attached hydrogen (secondary N) is 2. The Bertz CT molecular complexity index is 777. The fourth-order valence-corrected chi connectivity index (χ4v) is 5.09. The Labute approximate surface area is 160 Å². The van der Waals surface area contributed by atoms with Crippen LogP contribution in [-0.4, -0.2) is 64.6 Å². The number of benzene rings is 1. The van der Waals surface area contributed by atoms with Crippen LogP contribution < -0.4 is 15.4 Å². The molecule has 0 unspecified atom stereocenters. The van der Waals surface area contributed by atoms with E-state index in [1.807, 2.05) is 0 Å². The lowest BCUT2D eigenvalue weighted by molar-refractivity contribution is -0.120. The molecule has 0 aliphatic carbocycles. The summed E-state index contributed by atoms with van der Waals surface area (Å²) in [4.78, 5) is 12.6. The number of morpholine rings is 1. The minimum Gasteiger partial charge on any atom is -0.495 e. The second-order valence-electron chi connectivity index (χ2n) is 6.95. The highest BCUT2D eigenvalue weighted by Gasteiger charge is 2.30. The van der Waals surface area contributed by atoms with Gasteiger partial charge in [0.2, 0.25) is 15.9 Å². The number of piperidine rings is 1.